The minimum absolute atomic E-state index is 0.0718. The Morgan fingerprint density at radius 1 is 1.57 bits per heavy atom. The van der Waals surface area contributed by atoms with E-state index in [2.05, 4.69) is 19.9 Å². The zero-order valence-corrected chi connectivity index (χ0v) is 9.33. The highest BCUT2D eigenvalue weighted by Crippen LogP contribution is 2.30. The van der Waals surface area contributed by atoms with Gasteiger partial charge in [0, 0.05) is 6.92 Å². The first-order valence-corrected chi connectivity index (χ1v) is 4.94. The largest absolute Gasteiger partial charge is 0.458 e. The molecule has 0 fully saturated rings. The molecule has 1 aliphatic carbocycles. The van der Waals surface area contributed by atoms with Crippen LogP contribution in [0.2, 0.25) is 0 Å². The predicted octanol–water partition coefficient (Wildman–Crippen LogP) is 2.85. The van der Waals surface area contributed by atoms with Crippen LogP contribution in [0.15, 0.2) is 23.8 Å². The second-order valence-electron chi connectivity index (χ2n) is 4.56. The van der Waals surface area contributed by atoms with E-state index in [1.165, 1.54) is 6.92 Å². The quantitative estimate of drug-likeness (QED) is 0.600. The summed E-state index contributed by atoms with van der Waals surface area (Å²) in [5.74, 6) is -0.208. The molecule has 0 aromatic rings. The van der Waals surface area contributed by atoms with Crippen molar-refractivity contribution >= 4 is 5.97 Å². The minimum Gasteiger partial charge on any atom is -0.458 e. The second-order valence-corrected chi connectivity index (χ2v) is 4.56. The number of ether oxygens (including phenoxy) is 1. The first kappa shape index (κ1) is 11.0. The monoisotopic (exact) mass is 194 g/mol. The van der Waals surface area contributed by atoms with E-state index >= 15 is 0 Å². The minimum atomic E-state index is -0.208. The normalized spacial score (nSPS) is 25.1. The fourth-order valence-corrected chi connectivity index (χ4v) is 1.61. The maximum absolute atomic E-state index is 10.9. The molecule has 0 heterocycles. The van der Waals surface area contributed by atoms with Gasteiger partial charge in [-0.3, -0.25) is 4.79 Å². The molecule has 0 amide bonds. The SMILES string of the molecule is CC(=O)O[C@@H]1CC(C)(C)C=CC=C1C. The van der Waals surface area contributed by atoms with Crippen molar-refractivity contribution in [2.24, 2.45) is 5.41 Å². The van der Waals surface area contributed by atoms with Gasteiger partial charge in [-0.25, -0.2) is 0 Å². The summed E-state index contributed by atoms with van der Waals surface area (Å²) in [5.41, 5.74) is 1.20. The number of esters is 1. The molecule has 0 unspecified atom stereocenters. The molecule has 1 atom stereocenters. The van der Waals surface area contributed by atoms with Crippen molar-refractivity contribution < 1.29 is 9.53 Å². The van der Waals surface area contributed by atoms with Gasteiger partial charge in [0.05, 0.1) is 0 Å². The van der Waals surface area contributed by atoms with Gasteiger partial charge in [-0.05, 0) is 24.3 Å². The van der Waals surface area contributed by atoms with Crippen molar-refractivity contribution in [1.29, 1.82) is 0 Å². The molecule has 1 aliphatic rings. The first-order valence-electron chi connectivity index (χ1n) is 4.94. The van der Waals surface area contributed by atoms with Crippen LogP contribution < -0.4 is 0 Å². The maximum Gasteiger partial charge on any atom is 0.303 e. The molecular formula is C12H18O2. The molecule has 0 bridgehead atoms. The molecule has 0 N–H and O–H groups in total. The Morgan fingerprint density at radius 2 is 2.21 bits per heavy atom. The molecule has 0 saturated carbocycles. The topological polar surface area (TPSA) is 26.3 Å². The summed E-state index contributed by atoms with van der Waals surface area (Å²) in [4.78, 5) is 10.9. The molecule has 14 heavy (non-hydrogen) atoms. The number of carbonyl (C=O) groups is 1. The summed E-state index contributed by atoms with van der Waals surface area (Å²) in [6.45, 7) is 7.75. The van der Waals surface area contributed by atoms with Gasteiger partial charge >= 0.3 is 5.97 Å². The van der Waals surface area contributed by atoms with Crippen molar-refractivity contribution in [2.45, 2.75) is 40.2 Å². The van der Waals surface area contributed by atoms with Gasteiger partial charge in [0.2, 0.25) is 0 Å². The highest BCUT2D eigenvalue weighted by Gasteiger charge is 2.25. The maximum atomic E-state index is 10.9. The molecule has 0 radical (unpaired) electrons. The van der Waals surface area contributed by atoms with E-state index in [0.717, 1.165) is 12.0 Å². The first-order chi connectivity index (χ1) is 6.41. The van der Waals surface area contributed by atoms with Crippen molar-refractivity contribution in [1.82, 2.24) is 0 Å². The molecule has 78 valence electrons. The van der Waals surface area contributed by atoms with Gasteiger partial charge in [-0.2, -0.15) is 0 Å². The fraction of sp³-hybridized carbons (Fsp3) is 0.583. The molecule has 1 rings (SSSR count). The average Bonchev–Trinajstić information content (AvgIpc) is 2.10. The van der Waals surface area contributed by atoms with Crippen LogP contribution in [0, 0.1) is 5.41 Å². The molecule has 0 aromatic carbocycles. The van der Waals surface area contributed by atoms with Crippen LogP contribution >= 0.6 is 0 Å². The van der Waals surface area contributed by atoms with E-state index in [-0.39, 0.29) is 17.5 Å². The Bertz CT molecular complexity index is 285. The van der Waals surface area contributed by atoms with Crippen LogP contribution in [-0.4, -0.2) is 12.1 Å². The Hall–Kier alpha value is -1.05. The third kappa shape index (κ3) is 3.02. The van der Waals surface area contributed by atoms with Crippen molar-refractivity contribution in [3.05, 3.63) is 23.8 Å². The van der Waals surface area contributed by atoms with E-state index in [0.29, 0.717) is 0 Å². The molecule has 2 heteroatoms. The lowest BCUT2D eigenvalue weighted by Crippen LogP contribution is -2.23. The molecule has 0 aliphatic heterocycles. The third-order valence-corrected chi connectivity index (χ3v) is 2.43. The van der Waals surface area contributed by atoms with Crippen LogP contribution in [0.25, 0.3) is 0 Å². The number of hydrogen-bond donors (Lipinski definition) is 0. The van der Waals surface area contributed by atoms with Crippen LogP contribution in [0.4, 0.5) is 0 Å². The summed E-state index contributed by atoms with van der Waals surface area (Å²) in [6.07, 6.45) is 6.99. The molecule has 2 nitrogen and oxygen atoms in total. The van der Waals surface area contributed by atoms with E-state index in [1.807, 2.05) is 19.1 Å². The van der Waals surface area contributed by atoms with E-state index < -0.39 is 0 Å². The number of carbonyl (C=O) groups excluding carboxylic acids is 1. The van der Waals surface area contributed by atoms with Crippen LogP contribution in [-0.2, 0) is 9.53 Å². The molecule has 0 spiro atoms. The predicted molar refractivity (Wildman–Crippen MR) is 56.8 cm³/mol. The second kappa shape index (κ2) is 3.99. The average molecular weight is 194 g/mol. The smallest absolute Gasteiger partial charge is 0.303 e. The van der Waals surface area contributed by atoms with E-state index in [4.69, 9.17) is 4.74 Å². The van der Waals surface area contributed by atoms with Crippen molar-refractivity contribution in [3.8, 4) is 0 Å². The fourth-order valence-electron chi connectivity index (χ4n) is 1.61. The Morgan fingerprint density at radius 3 is 2.79 bits per heavy atom. The van der Waals surface area contributed by atoms with Crippen LogP contribution in [0.5, 0.6) is 0 Å². The Kier molecular flexibility index (Phi) is 3.14. The summed E-state index contributed by atoms with van der Waals surface area (Å²) >= 11 is 0. The van der Waals surface area contributed by atoms with Crippen LogP contribution in [0.1, 0.15) is 34.1 Å². The van der Waals surface area contributed by atoms with Gasteiger partial charge in [0.1, 0.15) is 6.10 Å². The standard InChI is InChI=1S/C12H18O2/c1-9-6-5-7-12(3,4)8-11(9)14-10(2)13/h5-7,11H,8H2,1-4H3/t11-/m1/s1. The molecular weight excluding hydrogens is 176 g/mol. The summed E-state index contributed by atoms with van der Waals surface area (Å²) in [5, 5.41) is 0. The lowest BCUT2D eigenvalue weighted by atomic mass is 9.86. The van der Waals surface area contributed by atoms with Gasteiger partial charge in [-0.15, -0.1) is 0 Å². The molecule has 0 aromatic heterocycles. The number of hydrogen-bond acceptors (Lipinski definition) is 2. The lowest BCUT2D eigenvalue weighted by molar-refractivity contribution is -0.145. The number of allylic oxidation sites excluding steroid dienone is 3. The molecule has 0 saturated heterocycles. The zero-order chi connectivity index (χ0) is 10.8. The lowest BCUT2D eigenvalue weighted by Gasteiger charge is -2.25. The summed E-state index contributed by atoms with van der Waals surface area (Å²) < 4.78 is 5.27. The van der Waals surface area contributed by atoms with Crippen molar-refractivity contribution in [3.63, 3.8) is 0 Å². The van der Waals surface area contributed by atoms with Crippen molar-refractivity contribution in [2.75, 3.05) is 0 Å². The Balaban J connectivity index is 2.79. The van der Waals surface area contributed by atoms with Gasteiger partial charge < -0.3 is 4.74 Å². The van der Waals surface area contributed by atoms with Gasteiger partial charge in [-0.1, -0.05) is 32.1 Å². The van der Waals surface area contributed by atoms with E-state index in [1.54, 1.807) is 0 Å². The van der Waals surface area contributed by atoms with Crippen LogP contribution in [0.3, 0.4) is 0 Å². The summed E-state index contributed by atoms with van der Waals surface area (Å²) in [6, 6.07) is 0. The highest BCUT2D eigenvalue weighted by molar-refractivity contribution is 5.66. The third-order valence-electron chi connectivity index (χ3n) is 2.43. The van der Waals surface area contributed by atoms with E-state index in [9.17, 15) is 4.79 Å². The highest BCUT2D eigenvalue weighted by atomic mass is 16.5. The number of rotatable bonds is 1. The van der Waals surface area contributed by atoms with Gasteiger partial charge in [0.25, 0.3) is 0 Å². The zero-order valence-electron chi connectivity index (χ0n) is 9.33. The van der Waals surface area contributed by atoms with Gasteiger partial charge in [0.15, 0.2) is 0 Å². The Labute approximate surface area is 85.6 Å². The summed E-state index contributed by atoms with van der Waals surface area (Å²) in [7, 11) is 0.